The lowest BCUT2D eigenvalue weighted by Gasteiger charge is -2.17. The van der Waals surface area contributed by atoms with Gasteiger partial charge in [-0.1, -0.05) is 18.2 Å². The Balaban J connectivity index is 1.49. The van der Waals surface area contributed by atoms with Gasteiger partial charge in [-0.15, -0.1) is 0 Å². The molecule has 1 amide bonds. The van der Waals surface area contributed by atoms with Gasteiger partial charge in [0.25, 0.3) is 5.91 Å². The molecule has 1 aliphatic rings. The summed E-state index contributed by atoms with van der Waals surface area (Å²) in [5.74, 6) is -0.134. The van der Waals surface area contributed by atoms with E-state index in [-0.39, 0.29) is 24.1 Å². The van der Waals surface area contributed by atoms with Crippen molar-refractivity contribution in [2.24, 2.45) is 5.73 Å². The number of anilines is 1. The van der Waals surface area contributed by atoms with Gasteiger partial charge in [0.2, 0.25) is 0 Å². The highest BCUT2D eigenvalue weighted by Gasteiger charge is 2.29. The molecule has 0 unspecified atom stereocenters. The largest absolute Gasteiger partial charge is 0.488 e. The number of halogens is 3. The third-order valence-electron chi connectivity index (χ3n) is 4.88. The SMILES string of the molecule is C[C@H](Cc1cc2c(c(C(N)=O)c1)NCC2)NCCOc1ccccc1OCC(F)(F)F. The van der Waals surface area contributed by atoms with E-state index in [4.69, 9.17) is 15.2 Å². The average molecular weight is 437 g/mol. The third-order valence-corrected chi connectivity index (χ3v) is 4.88. The number of primary amides is 1. The quantitative estimate of drug-likeness (QED) is 0.497. The molecule has 2 aromatic rings. The summed E-state index contributed by atoms with van der Waals surface area (Å²) < 4.78 is 47.6. The van der Waals surface area contributed by atoms with Crippen LogP contribution in [0, 0.1) is 0 Å². The molecule has 168 valence electrons. The molecule has 3 rings (SSSR count). The van der Waals surface area contributed by atoms with Gasteiger partial charge in [0, 0.05) is 19.1 Å². The first kappa shape index (κ1) is 22.7. The molecule has 9 heteroatoms. The van der Waals surface area contributed by atoms with Crippen LogP contribution < -0.4 is 25.8 Å². The Morgan fingerprint density at radius 2 is 1.94 bits per heavy atom. The molecule has 1 atom stereocenters. The van der Waals surface area contributed by atoms with Gasteiger partial charge in [0.1, 0.15) is 6.61 Å². The molecule has 0 radical (unpaired) electrons. The van der Waals surface area contributed by atoms with E-state index in [1.54, 1.807) is 18.2 Å². The van der Waals surface area contributed by atoms with Crippen molar-refractivity contribution < 1.29 is 27.4 Å². The first-order valence-electron chi connectivity index (χ1n) is 10.1. The van der Waals surface area contributed by atoms with Gasteiger partial charge < -0.3 is 25.8 Å². The molecule has 0 bridgehead atoms. The number of nitrogens with one attached hydrogen (secondary N) is 2. The predicted molar refractivity (Wildman–Crippen MR) is 112 cm³/mol. The number of hydrogen-bond acceptors (Lipinski definition) is 5. The minimum atomic E-state index is -4.41. The number of benzene rings is 2. The number of hydrogen-bond donors (Lipinski definition) is 3. The minimum Gasteiger partial charge on any atom is -0.488 e. The molecular weight excluding hydrogens is 411 g/mol. The van der Waals surface area contributed by atoms with E-state index in [1.165, 1.54) is 6.07 Å². The van der Waals surface area contributed by atoms with Crippen molar-refractivity contribution in [1.29, 1.82) is 0 Å². The van der Waals surface area contributed by atoms with E-state index in [1.807, 2.05) is 13.0 Å². The Hall–Kier alpha value is -2.94. The van der Waals surface area contributed by atoms with Crippen LogP contribution in [0.15, 0.2) is 36.4 Å². The highest BCUT2D eigenvalue weighted by atomic mass is 19.4. The van der Waals surface area contributed by atoms with Crippen LogP contribution in [0.5, 0.6) is 11.5 Å². The Morgan fingerprint density at radius 1 is 1.23 bits per heavy atom. The molecule has 6 nitrogen and oxygen atoms in total. The van der Waals surface area contributed by atoms with Gasteiger partial charge in [-0.3, -0.25) is 4.79 Å². The fourth-order valence-electron chi connectivity index (χ4n) is 3.55. The monoisotopic (exact) mass is 437 g/mol. The van der Waals surface area contributed by atoms with Crippen LogP contribution in [0.1, 0.15) is 28.4 Å². The summed E-state index contributed by atoms with van der Waals surface area (Å²) >= 11 is 0. The maximum atomic E-state index is 12.4. The fraction of sp³-hybridized carbons (Fsp3) is 0.409. The molecular formula is C22H26F3N3O3. The van der Waals surface area contributed by atoms with Crippen LogP contribution in [0.2, 0.25) is 0 Å². The third kappa shape index (κ3) is 6.52. The van der Waals surface area contributed by atoms with Gasteiger partial charge in [0.05, 0.1) is 11.3 Å². The first-order chi connectivity index (χ1) is 14.7. The number of amides is 1. The molecule has 0 fully saturated rings. The highest BCUT2D eigenvalue weighted by Crippen LogP contribution is 2.29. The standard InChI is InChI=1S/C22H26F3N3O3/c1-14(10-15-11-16-6-7-28-20(16)17(12-15)21(26)29)27-8-9-30-18-4-2-3-5-19(18)31-13-22(23,24)25/h2-5,11-12,14,27-28H,6-10,13H2,1H3,(H2,26,29)/t14-/m1/s1. The van der Waals surface area contributed by atoms with Crippen LogP contribution in [0.25, 0.3) is 0 Å². The van der Waals surface area contributed by atoms with Crippen molar-refractivity contribution in [2.75, 3.05) is 31.6 Å². The Kier molecular flexibility index (Phi) is 7.27. The van der Waals surface area contributed by atoms with Crippen LogP contribution in [-0.4, -0.2) is 44.4 Å². The second-order valence-corrected chi connectivity index (χ2v) is 7.48. The maximum Gasteiger partial charge on any atom is 0.422 e. The summed E-state index contributed by atoms with van der Waals surface area (Å²) in [7, 11) is 0. The van der Waals surface area contributed by atoms with E-state index >= 15 is 0 Å². The molecule has 0 aromatic heterocycles. The fourth-order valence-corrected chi connectivity index (χ4v) is 3.55. The summed E-state index contributed by atoms with van der Waals surface area (Å²) in [5, 5.41) is 6.52. The number of carbonyl (C=O) groups excluding carboxylic acids is 1. The van der Waals surface area contributed by atoms with E-state index < -0.39 is 18.7 Å². The van der Waals surface area contributed by atoms with E-state index in [0.717, 1.165) is 29.8 Å². The van der Waals surface area contributed by atoms with Crippen molar-refractivity contribution in [3.8, 4) is 11.5 Å². The lowest BCUT2D eigenvalue weighted by atomic mass is 9.98. The highest BCUT2D eigenvalue weighted by molar-refractivity contribution is 5.99. The lowest BCUT2D eigenvalue weighted by molar-refractivity contribution is -0.153. The number of para-hydroxylation sites is 2. The first-order valence-corrected chi connectivity index (χ1v) is 10.1. The zero-order valence-electron chi connectivity index (χ0n) is 17.2. The summed E-state index contributed by atoms with van der Waals surface area (Å²) in [5.41, 5.74) is 8.97. The minimum absolute atomic E-state index is 0.0543. The molecule has 0 spiro atoms. The summed E-state index contributed by atoms with van der Waals surface area (Å²) in [4.78, 5) is 11.8. The van der Waals surface area contributed by atoms with Crippen LogP contribution in [-0.2, 0) is 12.8 Å². The zero-order valence-corrected chi connectivity index (χ0v) is 17.2. The van der Waals surface area contributed by atoms with Crippen molar-refractivity contribution in [3.05, 3.63) is 53.1 Å². The van der Waals surface area contributed by atoms with Crippen molar-refractivity contribution in [2.45, 2.75) is 32.0 Å². The van der Waals surface area contributed by atoms with Crippen LogP contribution >= 0.6 is 0 Å². The smallest absolute Gasteiger partial charge is 0.422 e. The molecule has 0 saturated carbocycles. The van der Waals surface area contributed by atoms with Gasteiger partial charge in [0.15, 0.2) is 18.1 Å². The number of alkyl halides is 3. The van der Waals surface area contributed by atoms with Crippen molar-refractivity contribution >= 4 is 11.6 Å². The van der Waals surface area contributed by atoms with Gasteiger partial charge in [-0.25, -0.2) is 0 Å². The summed E-state index contributed by atoms with van der Waals surface area (Å²) in [6.45, 7) is 2.18. The Morgan fingerprint density at radius 3 is 2.61 bits per heavy atom. The van der Waals surface area contributed by atoms with Crippen LogP contribution in [0.4, 0.5) is 18.9 Å². The second kappa shape index (κ2) is 9.91. The molecule has 4 N–H and O–H groups in total. The Labute approximate surface area is 178 Å². The number of carbonyl (C=O) groups is 1. The summed E-state index contributed by atoms with van der Waals surface area (Å²) in [6.07, 6.45) is -2.86. The average Bonchev–Trinajstić information content (AvgIpc) is 3.17. The zero-order chi connectivity index (χ0) is 22.4. The van der Waals surface area contributed by atoms with Crippen molar-refractivity contribution in [1.82, 2.24) is 5.32 Å². The molecule has 1 heterocycles. The normalized spacial score (nSPS) is 13.9. The number of nitrogens with two attached hydrogens (primary N) is 1. The van der Waals surface area contributed by atoms with Crippen LogP contribution in [0.3, 0.4) is 0 Å². The van der Waals surface area contributed by atoms with Gasteiger partial charge >= 0.3 is 6.18 Å². The predicted octanol–water partition coefficient (Wildman–Crippen LogP) is 3.29. The number of ether oxygens (including phenoxy) is 2. The maximum absolute atomic E-state index is 12.4. The second-order valence-electron chi connectivity index (χ2n) is 7.48. The lowest BCUT2D eigenvalue weighted by Crippen LogP contribution is -2.32. The topological polar surface area (TPSA) is 85.6 Å². The molecule has 1 aliphatic heterocycles. The summed E-state index contributed by atoms with van der Waals surface area (Å²) in [6, 6.07) is 10.3. The molecule has 0 aliphatic carbocycles. The van der Waals surface area contributed by atoms with E-state index in [0.29, 0.717) is 18.5 Å². The molecule has 31 heavy (non-hydrogen) atoms. The van der Waals surface area contributed by atoms with Gasteiger partial charge in [-0.05, 0) is 49.1 Å². The molecule has 2 aromatic carbocycles. The number of fused-ring (bicyclic) bond motifs is 1. The molecule has 0 saturated heterocycles. The van der Waals surface area contributed by atoms with E-state index in [2.05, 4.69) is 16.7 Å². The number of rotatable bonds is 10. The van der Waals surface area contributed by atoms with Gasteiger partial charge in [-0.2, -0.15) is 13.2 Å². The van der Waals surface area contributed by atoms with E-state index in [9.17, 15) is 18.0 Å². The Bertz CT molecular complexity index is 919. The van der Waals surface area contributed by atoms with Crippen molar-refractivity contribution in [3.63, 3.8) is 0 Å².